The van der Waals surface area contributed by atoms with Crippen molar-refractivity contribution in [2.24, 2.45) is 0 Å². The largest absolute Gasteiger partial charge is 0.480 e. The summed E-state index contributed by atoms with van der Waals surface area (Å²) in [5.41, 5.74) is -0.838. The van der Waals surface area contributed by atoms with Gasteiger partial charge in [0.1, 0.15) is 6.54 Å². The number of amides is 1. The van der Waals surface area contributed by atoms with Crippen molar-refractivity contribution in [1.29, 1.82) is 0 Å². The van der Waals surface area contributed by atoms with Crippen LogP contribution in [0.2, 0.25) is 0 Å². The topological polar surface area (TPSA) is 57.6 Å². The van der Waals surface area contributed by atoms with Crippen LogP contribution in [0.1, 0.15) is 31.1 Å². The molecule has 1 aromatic rings. The van der Waals surface area contributed by atoms with Gasteiger partial charge in [-0.2, -0.15) is 0 Å². The Morgan fingerprint density at radius 3 is 2.21 bits per heavy atom. The Bertz CT molecular complexity index is 509. The van der Waals surface area contributed by atoms with Gasteiger partial charge in [0, 0.05) is 11.1 Å². The van der Waals surface area contributed by atoms with Crippen LogP contribution in [-0.2, 0) is 4.79 Å². The van der Waals surface area contributed by atoms with Gasteiger partial charge in [0.25, 0.3) is 5.91 Å². The van der Waals surface area contributed by atoms with Crippen molar-refractivity contribution in [3.8, 4) is 0 Å². The van der Waals surface area contributed by atoms with Gasteiger partial charge < -0.3 is 10.0 Å². The zero-order valence-electron chi connectivity index (χ0n) is 10.9. The number of carbonyl (C=O) groups is 2. The standard InChI is InChI=1S/C13H15F2NO3/c1-13(2,3)16(7-11(17)18)12(19)8-4-5-9(14)10(15)6-8/h4-6H,7H2,1-3H3,(H,17,18). The monoisotopic (exact) mass is 271 g/mol. The summed E-state index contributed by atoms with van der Waals surface area (Å²) in [6.07, 6.45) is 0. The fourth-order valence-electron chi connectivity index (χ4n) is 1.53. The predicted octanol–water partition coefficient (Wildman–Crippen LogP) is 2.29. The summed E-state index contributed by atoms with van der Waals surface area (Å²) in [6.45, 7) is 4.47. The fraction of sp³-hybridized carbons (Fsp3) is 0.385. The average molecular weight is 271 g/mol. The first-order valence-electron chi connectivity index (χ1n) is 5.61. The van der Waals surface area contributed by atoms with Gasteiger partial charge in [0.15, 0.2) is 11.6 Å². The van der Waals surface area contributed by atoms with E-state index in [9.17, 15) is 18.4 Å². The number of nitrogens with zero attached hydrogens (tertiary/aromatic N) is 1. The minimum Gasteiger partial charge on any atom is -0.480 e. The molecular formula is C13H15F2NO3. The third-order valence-electron chi connectivity index (χ3n) is 2.51. The van der Waals surface area contributed by atoms with Crippen molar-refractivity contribution in [2.45, 2.75) is 26.3 Å². The van der Waals surface area contributed by atoms with Gasteiger partial charge in [-0.15, -0.1) is 0 Å². The third-order valence-corrected chi connectivity index (χ3v) is 2.51. The Hall–Kier alpha value is -1.98. The minimum atomic E-state index is -1.18. The van der Waals surface area contributed by atoms with Gasteiger partial charge >= 0.3 is 5.97 Å². The molecule has 0 saturated heterocycles. The molecule has 1 aromatic carbocycles. The Balaban J connectivity index is 3.12. The van der Waals surface area contributed by atoms with Crippen LogP contribution in [0.15, 0.2) is 18.2 Å². The van der Waals surface area contributed by atoms with Crippen LogP contribution in [0.5, 0.6) is 0 Å². The highest BCUT2D eigenvalue weighted by Gasteiger charge is 2.29. The van der Waals surface area contributed by atoms with E-state index in [1.54, 1.807) is 20.8 Å². The van der Waals surface area contributed by atoms with Crippen LogP contribution >= 0.6 is 0 Å². The summed E-state index contributed by atoms with van der Waals surface area (Å²) in [6, 6.07) is 2.73. The number of benzene rings is 1. The molecule has 104 valence electrons. The summed E-state index contributed by atoms with van der Waals surface area (Å²) in [4.78, 5) is 24.0. The summed E-state index contributed by atoms with van der Waals surface area (Å²) in [5, 5.41) is 8.81. The second kappa shape index (κ2) is 5.34. The van der Waals surface area contributed by atoms with Gasteiger partial charge in [-0.05, 0) is 39.0 Å². The summed E-state index contributed by atoms with van der Waals surface area (Å²) >= 11 is 0. The van der Waals surface area contributed by atoms with E-state index in [4.69, 9.17) is 5.11 Å². The molecule has 0 atom stereocenters. The van der Waals surface area contributed by atoms with Crippen molar-refractivity contribution in [3.63, 3.8) is 0 Å². The number of rotatable bonds is 3. The van der Waals surface area contributed by atoms with Gasteiger partial charge in [0.2, 0.25) is 0 Å². The Kier molecular flexibility index (Phi) is 4.24. The lowest BCUT2D eigenvalue weighted by Gasteiger charge is -2.34. The molecule has 0 aliphatic carbocycles. The highest BCUT2D eigenvalue weighted by Crippen LogP contribution is 2.18. The molecule has 6 heteroatoms. The van der Waals surface area contributed by atoms with Crippen LogP contribution in [0, 0.1) is 11.6 Å². The molecule has 0 aromatic heterocycles. The van der Waals surface area contributed by atoms with Crippen molar-refractivity contribution in [1.82, 2.24) is 4.90 Å². The normalized spacial score (nSPS) is 11.2. The average Bonchev–Trinajstić information content (AvgIpc) is 2.27. The predicted molar refractivity (Wildman–Crippen MR) is 64.8 cm³/mol. The second-order valence-corrected chi connectivity index (χ2v) is 5.08. The number of carboxylic acid groups (broad SMARTS) is 1. The Labute approximate surface area is 109 Å². The first-order valence-corrected chi connectivity index (χ1v) is 5.61. The fourth-order valence-corrected chi connectivity index (χ4v) is 1.53. The molecule has 4 nitrogen and oxygen atoms in total. The van der Waals surface area contributed by atoms with Crippen molar-refractivity contribution in [2.75, 3.05) is 6.54 Å². The number of carboxylic acids is 1. The van der Waals surface area contributed by atoms with Gasteiger partial charge in [0.05, 0.1) is 0 Å². The lowest BCUT2D eigenvalue weighted by atomic mass is 10.0. The first-order chi connectivity index (χ1) is 8.62. The van der Waals surface area contributed by atoms with Crippen molar-refractivity contribution >= 4 is 11.9 Å². The van der Waals surface area contributed by atoms with Gasteiger partial charge in [-0.1, -0.05) is 0 Å². The van der Waals surface area contributed by atoms with Crippen molar-refractivity contribution < 1.29 is 23.5 Å². The van der Waals surface area contributed by atoms with E-state index in [0.29, 0.717) is 0 Å². The van der Waals surface area contributed by atoms with Gasteiger partial charge in [-0.25, -0.2) is 8.78 Å². The number of halogens is 2. The van der Waals surface area contributed by atoms with E-state index < -0.39 is 35.6 Å². The van der Waals surface area contributed by atoms with E-state index in [1.807, 2.05) is 0 Å². The molecular weight excluding hydrogens is 256 g/mol. The molecule has 1 amide bonds. The maximum Gasteiger partial charge on any atom is 0.323 e. The van der Waals surface area contributed by atoms with Crippen LogP contribution in [0.4, 0.5) is 8.78 Å². The maximum absolute atomic E-state index is 13.1. The zero-order chi connectivity index (χ0) is 14.8. The number of hydrogen-bond acceptors (Lipinski definition) is 2. The SMILES string of the molecule is CC(C)(C)N(CC(=O)O)C(=O)c1ccc(F)c(F)c1. The molecule has 0 heterocycles. The second-order valence-electron chi connectivity index (χ2n) is 5.08. The summed E-state index contributed by atoms with van der Waals surface area (Å²) in [7, 11) is 0. The lowest BCUT2D eigenvalue weighted by Crippen LogP contribution is -2.48. The molecule has 0 fully saturated rings. The van der Waals surface area contributed by atoms with E-state index in [0.717, 1.165) is 23.1 Å². The molecule has 0 unspecified atom stereocenters. The quantitative estimate of drug-likeness (QED) is 0.917. The number of hydrogen-bond donors (Lipinski definition) is 1. The number of carbonyl (C=O) groups excluding carboxylic acids is 1. The third kappa shape index (κ3) is 3.74. The van der Waals surface area contributed by atoms with Crippen LogP contribution in [0.25, 0.3) is 0 Å². The van der Waals surface area contributed by atoms with Crippen LogP contribution in [0.3, 0.4) is 0 Å². The zero-order valence-corrected chi connectivity index (χ0v) is 10.9. The molecule has 0 bridgehead atoms. The number of aliphatic carboxylic acids is 1. The van der Waals surface area contributed by atoms with E-state index in [-0.39, 0.29) is 5.56 Å². The molecule has 19 heavy (non-hydrogen) atoms. The van der Waals surface area contributed by atoms with Crippen LogP contribution in [-0.4, -0.2) is 34.0 Å². The Morgan fingerprint density at radius 1 is 1.21 bits per heavy atom. The maximum atomic E-state index is 13.1. The summed E-state index contributed by atoms with van der Waals surface area (Å²) < 4.78 is 25.9. The first kappa shape index (κ1) is 15.1. The van der Waals surface area contributed by atoms with E-state index in [1.165, 1.54) is 0 Å². The highest BCUT2D eigenvalue weighted by molar-refractivity contribution is 5.96. The van der Waals surface area contributed by atoms with Gasteiger partial charge in [-0.3, -0.25) is 9.59 Å². The van der Waals surface area contributed by atoms with Crippen LogP contribution < -0.4 is 0 Å². The highest BCUT2D eigenvalue weighted by atomic mass is 19.2. The van der Waals surface area contributed by atoms with E-state index >= 15 is 0 Å². The van der Waals surface area contributed by atoms with Crippen molar-refractivity contribution in [3.05, 3.63) is 35.4 Å². The molecule has 0 saturated carbocycles. The molecule has 0 spiro atoms. The molecule has 1 N–H and O–H groups in total. The molecule has 0 radical (unpaired) electrons. The minimum absolute atomic E-state index is 0.0879. The Morgan fingerprint density at radius 2 is 1.79 bits per heavy atom. The summed E-state index contributed by atoms with van der Waals surface area (Å²) in [5.74, 6) is -4.04. The molecule has 0 aliphatic heterocycles. The van der Waals surface area contributed by atoms with E-state index in [2.05, 4.69) is 0 Å². The lowest BCUT2D eigenvalue weighted by molar-refractivity contribution is -0.138. The smallest absolute Gasteiger partial charge is 0.323 e. The molecule has 1 rings (SSSR count). The molecule has 0 aliphatic rings.